The third-order valence-corrected chi connectivity index (χ3v) is 5.68. The van der Waals surface area contributed by atoms with Crippen LogP contribution in [0.5, 0.6) is 0 Å². The van der Waals surface area contributed by atoms with Gasteiger partial charge in [-0.15, -0.1) is 5.10 Å². The maximum Gasteiger partial charge on any atom is 0.325 e. The van der Waals surface area contributed by atoms with Gasteiger partial charge in [-0.05, 0) is 46.5 Å². The molecule has 3 aromatic carbocycles. The van der Waals surface area contributed by atoms with Crippen molar-refractivity contribution in [1.82, 2.24) is 30.4 Å². The molecule has 2 N–H and O–H groups in total. The van der Waals surface area contributed by atoms with Gasteiger partial charge in [0, 0.05) is 11.1 Å². The maximum absolute atomic E-state index is 13.3. The van der Waals surface area contributed by atoms with Crippen LogP contribution in [0.3, 0.4) is 0 Å². The standard InChI is InChI=1S/C23H19N7O3/c1-23(16-8-5-9-17(12-16)30-14-24-27-28-30)21(32)29(22(33)26-23)13-20(31)25-19-11-4-7-15-6-2-3-10-18(15)19/h2-12,14H,13H2,1H3,(H,25,31)(H,26,33)/t23-/m1/s1. The SMILES string of the molecule is C[C@]1(c2cccc(-n3cnnn3)c2)NC(=O)N(CC(=O)Nc2cccc3ccccc23)C1=O. The van der Waals surface area contributed by atoms with Crippen LogP contribution in [0, 0.1) is 0 Å². The Labute approximate surface area is 188 Å². The number of anilines is 1. The molecule has 2 heterocycles. The lowest BCUT2D eigenvalue weighted by Crippen LogP contribution is -2.42. The van der Waals surface area contributed by atoms with Gasteiger partial charge in [0.2, 0.25) is 5.91 Å². The third kappa shape index (κ3) is 3.57. The van der Waals surface area contributed by atoms with E-state index in [9.17, 15) is 14.4 Å². The lowest BCUT2D eigenvalue weighted by Gasteiger charge is -2.22. The Bertz CT molecular complexity index is 1380. The van der Waals surface area contributed by atoms with Gasteiger partial charge in [-0.2, -0.15) is 0 Å². The number of rotatable bonds is 5. The molecule has 0 saturated carbocycles. The molecule has 5 rings (SSSR count). The summed E-state index contributed by atoms with van der Waals surface area (Å²) < 4.78 is 1.45. The molecule has 10 heteroatoms. The molecule has 4 amide bonds. The number of benzene rings is 3. The van der Waals surface area contributed by atoms with Crippen molar-refractivity contribution in [2.24, 2.45) is 0 Å². The minimum Gasteiger partial charge on any atom is -0.324 e. The quantitative estimate of drug-likeness (QED) is 0.458. The number of carbonyl (C=O) groups is 3. The molecule has 0 radical (unpaired) electrons. The van der Waals surface area contributed by atoms with E-state index in [1.165, 1.54) is 11.0 Å². The number of nitrogens with one attached hydrogen (secondary N) is 2. The molecule has 0 bridgehead atoms. The van der Waals surface area contributed by atoms with Crippen molar-refractivity contribution in [1.29, 1.82) is 0 Å². The fraction of sp³-hybridized carbons (Fsp3) is 0.130. The highest BCUT2D eigenvalue weighted by Crippen LogP contribution is 2.30. The summed E-state index contributed by atoms with van der Waals surface area (Å²) in [4.78, 5) is 39.6. The molecular formula is C23H19N7O3. The van der Waals surface area contributed by atoms with E-state index in [0.717, 1.165) is 15.7 Å². The van der Waals surface area contributed by atoms with Crippen molar-refractivity contribution in [2.75, 3.05) is 11.9 Å². The van der Waals surface area contributed by atoms with Gasteiger partial charge in [-0.3, -0.25) is 14.5 Å². The van der Waals surface area contributed by atoms with Gasteiger partial charge >= 0.3 is 6.03 Å². The fourth-order valence-corrected chi connectivity index (χ4v) is 3.94. The Balaban J connectivity index is 1.36. The van der Waals surface area contributed by atoms with Gasteiger partial charge in [-0.1, -0.05) is 48.5 Å². The van der Waals surface area contributed by atoms with Crippen molar-refractivity contribution in [3.8, 4) is 5.69 Å². The predicted octanol–water partition coefficient (Wildman–Crippen LogP) is 2.22. The van der Waals surface area contributed by atoms with Crippen molar-refractivity contribution in [2.45, 2.75) is 12.5 Å². The van der Waals surface area contributed by atoms with Crippen LogP contribution in [0.1, 0.15) is 12.5 Å². The first-order valence-corrected chi connectivity index (χ1v) is 10.2. The normalized spacial score (nSPS) is 17.9. The van der Waals surface area contributed by atoms with E-state index in [2.05, 4.69) is 26.2 Å². The molecule has 0 aliphatic carbocycles. The van der Waals surface area contributed by atoms with E-state index in [4.69, 9.17) is 0 Å². The molecule has 1 saturated heterocycles. The van der Waals surface area contributed by atoms with Crippen LogP contribution >= 0.6 is 0 Å². The van der Waals surface area contributed by atoms with Crippen LogP contribution in [0.25, 0.3) is 16.5 Å². The topological polar surface area (TPSA) is 122 Å². The van der Waals surface area contributed by atoms with Crippen molar-refractivity contribution in [3.63, 3.8) is 0 Å². The summed E-state index contributed by atoms with van der Waals surface area (Å²) in [5, 5.41) is 18.4. The molecule has 10 nitrogen and oxygen atoms in total. The molecule has 1 fully saturated rings. The van der Waals surface area contributed by atoms with Gasteiger partial charge in [0.05, 0.1) is 5.69 Å². The number of urea groups is 1. The van der Waals surface area contributed by atoms with Crippen LogP contribution in [0.4, 0.5) is 10.5 Å². The first-order valence-electron chi connectivity index (χ1n) is 10.2. The molecule has 1 aliphatic heterocycles. The Morgan fingerprint density at radius 1 is 1.06 bits per heavy atom. The largest absolute Gasteiger partial charge is 0.325 e. The second-order valence-electron chi connectivity index (χ2n) is 7.83. The van der Waals surface area contributed by atoms with Gasteiger partial charge in [0.25, 0.3) is 5.91 Å². The van der Waals surface area contributed by atoms with Gasteiger partial charge < -0.3 is 10.6 Å². The van der Waals surface area contributed by atoms with E-state index < -0.39 is 29.9 Å². The lowest BCUT2D eigenvalue weighted by molar-refractivity contribution is -0.133. The number of tetrazole rings is 1. The number of imide groups is 1. The van der Waals surface area contributed by atoms with Crippen LogP contribution in [0.15, 0.2) is 73.1 Å². The number of hydrogen-bond acceptors (Lipinski definition) is 6. The number of hydrogen-bond donors (Lipinski definition) is 2. The zero-order valence-corrected chi connectivity index (χ0v) is 17.6. The summed E-state index contributed by atoms with van der Waals surface area (Å²) in [6.07, 6.45) is 1.43. The molecule has 4 aromatic rings. The highest BCUT2D eigenvalue weighted by Gasteiger charge is 2.49. The first kappa shape index (κ1) is 20.3. The molecular weight excluding hydrogens is 422 g/mol. The second-order valence-corrected chi connectivity index (χ2v) is 7.83. The Kier molecular flexibility index (Phi) is 4.82. The fourth-order valence-electron chi connectivity index (χ4n) is 3.94. The molecule has 0 unspecified atom stereocenters. The van der Waals surface area contributed by atoms with Crippen molar-refractivity contribution in [3.05, 3.63) is 78.6 Å². The summed E-state index contributed by atoms with van der Waals surface area (Å²) in [6, 6.07) is 19.5. The Morgan fingerprint density at radius 2 is 1.85 bits per heavy atom. The molecule has 0 spiro atoms. The summed E-state index contributed by atoms with van der Waals surface area (Å²) in [5.41, 5.74) is 0.460. The highest BCUT2D eigenvalue weighted by atomic mass is 16.2. The molecule has 164 valence electrons. The van der Waals surface area contributed by atoms with Gasteiger partial charge in [0.1, 0.15) is 18.4 Å². The monoisotopic (exact) mass is 441 g/mol. The Morgan fingerprint density at radius 3 is 2.67 bits per heavy atom. The number of aromatic nitrogens is 4. The average Bonchev–Trinajstić information content (AvgIpc) is 3.44. The van der Waals surface area contributed by atoms with Crippen molar-refractivity contribution < 1.29 is 14.4 Å². The van der Waals surface area contributed by atoms with Crippen molar-refractivity contribution >= 4 is 34.3 Å². The number of nitrogens with zero attached hydrogens (tertiary/aromatic N) is 5. The maximum atomic E-state index is 13.3. The summed E-state index contributed by atoms with van der Waals surface area (Å²) in [7, 11) is 0. The zero-order chi connectivity index (χ0) is 23.0. The van der Waals surface area contributed by atoms with E-state index in [0.29, 0.717) is 16.9 Å². The Hall–Kier alpha value is -4.60. The number of fused-ring (bicyclic) bond motifs is 1. The summed E-state index contributed by atoms with van der Waals surface area (Å²) in [5.74, 6) is -0.990. The molecule has 1 aromatic heterocycles. The lowest BCUT2D eigenvalue weighted by atomic mass is 9.91. The van der Waals surface area contributed by atoms with Crippen LogP contribution in [-0.2, 0) is 15.1 Å². The van der Waals surface area contributed by atoms with Crippen LogP contribution in [0.2, 0.25) is 0 Å². The van der Waals surface area contributed by atoms with Gasteiger partial charge in [0.15, 0.2) is 0 Å². The zero-order valence-electron chi connectivity index (χ0n) is 17.6. The summed E-state index contributed by atoms with van der Waals surface area (Å²) >= 11 is 0. The van der Waals surface area contributed by atoms with Crippen LogP contribution < -0.4 is 10.6 Å². The minimum atomic E-state index is -1.33. The second kappa shape index (κ2) is 7.83. The molecule has 33 heavy (non-hydrogen) atoms. The number of amides is 4. The molecule has 1 atom stereocenters. The van der Waals surface area contributed by atoms with E-state index in [1.807, 2.05) is 36.4 Å². The predicted molar refractivity (Wildman–Crippen MR) is 119 cm³/mol. The smallest absolute Gasteiger partial charge is 0.324 e. The van der Waals surface area contributed by atoms with E-state index in [1.54, 1.807) is 37.3 Å². The molecule has 1 aliphatic rings. The van der Waals surface area contributed by atoms with E-state index in [-0.39, 0.29) is 0 Å². The summed E-state index contributed by atoms with van der Waals surface area (Å²) in [6.45, 7) is 1.20. The van der Waals surface area contributed by atoms with Gasteiger partial charge in [-0.25, -0.2) is 9.48 Å². The van der Waals surface area contributed by atoms with Crippen LogP contribution in [-0.4, -0.2) is 49.5 Å². The number of carbonyl (C=O) groups excluding carboxylic acids is 3. The third-order valence-electron chi connectivity index (χ3n) is 5.68. The minimum absolute atomic E-state index is 0.407. The average molecular weight is 441 g/mol. The first-order chi connectivity index (χ1) is 16.0. The highest BCUT2D eigenvalue weighted by molar-refractivity contribution is 6.11. The van der Waals surface area contributed by atoms with E-state index >= 15 is 0 Å².